The third-order valence-electron chi connectivity index (χ3n) is 3.65. The molecule has 1 atom stereocenters. The number of hydrogen-bond donors (Lipinski definition) is 0. The third kappa shape index (κ3) is 5.25. The van der Waals surface area contributed by atoms with Crippen LogP contribution in [0.3, 0.4) is 0 Å². The Labute approximate surface area is 136 Å². The van der Waals surface area contributed by atoms with Crippen molar-refractivity contribution in [3.63, 3.8) is 0 Å². The van der Waals surface area contributed by atoms with Crippen LogP contribution in [-0.2, 0) is 9.47 Å². The fourth-order valence-corrected chi connectivity index (χ4v) is 3.04. The van der Waals surface area contributed by atoms with Crippen molar-refractivity contribution in [3.05, 3.63) is 16.6 Å². The van der Waals surface area contributed by atoms with Gasteiger partial charge >= 0.3 is 6.09 Å². The molecule has 0 radical (unpaired) electrons. The second-order valence-corrected chi connectivity index (χ2v) is 7.68. The molecule has 0 aromatic carbocycles. The van der Waals surface area contributed by atoms with Gasteiger partial charge < -0.3 is 14.4 Å². The molecule has 1 amide bonds. The number of ether oxygens (including phenoxy) is 2. The molecule has 1 aromatic rings. The van der Waals surface area contributed by atoms with E-state index >= 15 is 0 Å². The number of nitrogens with zero attached hydrogens (tertiary/aromatic N) is 2. The van der Waals surface area contributed by atoms with E-state index in [2.05, 4.69) is 4.98 Å². The molecule has 1 fully saturated rings. The van der Waals surface area contributed by atoms with Crippen LogP contribution in [0.25, 0.3) is 0 Å². The Morgan fingerprint density at radius 1 is 1.45 bits per heavy atom. The summed E-state index contributed by atoms with van der Waals surface area (Å²) in [6.45, 7) is 9.93. The summed E-state index contributed by atoms with van der Waals surface area (Å²) in [7, 11) is 0. The van der Waals surface area contributed by atoms with E-state index in [1.54, 1.807) is 22.4 Å². The first-order valence-electron chi connectivity index (χ1n) is 7.84. The van der Waals surface area contributed by atoms with Gasteiger partial charge in [-0.15, -0.1) is 11.3 Å². The molecule has 6 heteroatoms. The second kappa shape index (κ2) is 7.42. The van der Waals surface area contributed by atoms with Gasteiger partial charge in [-0.3, -0.25) is 0 Å². The molecule has 0 bridgehead atoms. The average molecular weight is 326 g/mol. The molecule has 0 saturated carbocycles. The highest BCUT2D eigenvalue weighted by Crippen LogP contribution is 2.24. The highest BCUT2D eigenvalue weighted by molar-refractivity contribution is 7.09. The summed E-state index contributed by atoms with van der Waals surface area (Å²) in [5, 5.41) is 2.99. The minimum Gasteiger partial charge on any atom is -0.444 e. The minimum absolute atomic E-state index is 0.0453. The first-order chi connectivity index (χ1) is 10.3. The largest absolute Gasteiger partial charge is 0.444 e. The number of likely N-dealkylation sites (tertiary alicyclic amines) is 1. The maximum atomic E-state index is 12.0. The Morgan fingerprint density at radius 3 is 2.68 bits per heavy atom. The summed E-state index contributed by atoms with van der Waals surface area (Å²) in [6, 6.07) is 0. The van der Waals surface area contributed by atoms with Gasteiger partial charge in [0, 0.05) is 24.7 Å². The zero-order valence-corrected chi connectivity index (χ0v) is 14.7. The van der Waals surface area contributed by atoms with Crippen LogP contribution in [0.5, 0.6) is 0 Å². The molecule has 124 valence electrons. The lowest BCUT2D eigenvalue weighted by atomic mass is 9.98. The van der Waals surface area contributed by atoms with Crippen molar-refractivity contribution in [2.75, 3.05) is 19.7 Å². The number of aromatic nitrogens is 1. The van der Waals surface area contributed by atoms with E-state index in [4.69, 9.17) is 9.47 Å². The quantitative estimate of drug-likeness (QED) is 0.843. The van der Waals surface area contributed by atoms with Gasteiger partial charge in [-0.1, -0.05) is 0 Å². The fraction of sp³-hybridized carbons (Fsp3) is 0.750. The molecule has 1 aromatic heterocycles. The molecular formula is C16H26N2O3S. The van der Waals surface area contributed by atoms with Crippen molar-refractivity contribution in [1.82, 2.24) is 9.88 Å². The lowest BCUT2D eigenvalue weighted by Crippen LogP contribution is -2.42. The Hall–Kier alpha value is -1.14. The number of thiazole rings is 1. The molecule has 0 unspecified atom stereocenters. The number of hydrogen-bond acceptors (Lipinski definition) is 5. The summed E-state index contributed by atoms with van der Waals surface area (Å²) in [5.41, 5.74) is -0.430. The number of amides is 1. The smallest absolute Gasteiger partial charge is 0.410 e. The molecule has 0 N–H and O–H groups in total. The maximum absolute atomic E-state index is 12.0. The van der Waals surface area contributed by atoms with Crippen LogP contribution in [0.2, 0.25) is 0 Å². The summed E-state index contributed by atoms with van der Waals surface area (Å²) in [4.78, 5) is 18.1. The van der Waals surface area contributed by atoms with Crippen LogP contribution in [0.1, 0.15) is 51.6 Å². The van der Waals surface area contributed by atoms with Crippen molar-refractivity contribution in [3.8, 4) is 0 Å². The lowest BCUT2D eigenvalue weighted by Gasteiger charge is -2.33. The van der Waals surface area contributed by atoms with Crippen molar-refractivity contribution in [2.24, 2.45) is 5.92 Å². The first kappa shape index (κ1) is 17.2. The highest BCUT2D eigenvalue weighted by atomic mass is 32.1. The fourth-order valence-electron chi connectivity index (χ4n) is 2.40. The predicted octanol–water partition coefficient (Wildman–Crippen LogP) is 3.87. The Morgan fingerprint density at radius 2 is 2.14 bits per heavy atom. The minimum atomic E-state index is -0.430. The van der Waals surface area contributed by atoms with Gasteiger partial charge in [0.25, 0.3) is 0 Å². The van der Waals surface area contributed by atoms with Crippen molar-refractivity contribution < 1.29 is 14.3 Å². The van der Waals surface area contributed by atoms with Crippen LogP contribution >= 0.6 is 11.3 Å². The Balaban J connectivity index is 1.70. The number of rotatable bonds is 4. The summed E-state index contributed by atoms with van der Waals surface area (Å²) in [6.07, 6.45) is 3.57. The molecule has 5 nitrogen and oxygen atoms in total. The van der Waals surface area contributed by atoms with E-state index in [1.807, 2.05) is 33.1 Å². The van der Waals surface area contributed by atoms with Gasteiger partial charge in [0.15, 0.2) is 0 Å². The van der Waals surface area contributed by atoms with Gasteiger partial charge in [0.1, 0.15) is 16.7 Å². The normalized spacial score (nSPS) is 18.3. The summed E-state index contributed by atoms with van der Waals surface area (Å²) in [5.74, 6) is 0.501. The number of piperidine rings is 1. The molecular weight excluding hydrogens is 300 g/mol. The van der Waals surface area contributed by atoms with E-state index < -0.39 is 5.60 Å². The number of carbonyl (C=O) groups excluding carboxylic acids is 1. The van der Waals surface area contributed by atoms with Crippen LogP contribution in [0.4, 0.5) is 4.79 Å². The van der Waals surface area contributed by atoms with Crippen molar-refractivity contribution >= 4 is 17.4 Å². The SMILES string of the molecule is C[C@H](OCC1CCN(C(=O)OC(C)(C)C)CC1)c1nccs1. The van der Waals surface area contributed by atoms with Crippen LogP contribution in [0, 0.1) is 5.92 Å². The Bertz CT molecular complexity index is 462. The standard InChI is InChI=1S/C16H26N2O3S/c1-12(14-17-7-10-22-14)20-11-13-5-8-18(9-6-13)15(19)21-16(2,3)4/h7,10,12-13H,5-6,8-9,11H2,1-4H3/t12-/m0/s1. The van der Waals surface area contributed by atoms with E-state index in [0.717, 1.165) is 37.5 Å². The van der Waals surface area contributed by atoms with Crippen LogP contribution in [-0.4, -0.2) is 41.3 Å². The Kier molecular flexibility index (Phi) is 5.81. The third-order valence-corrected chi connectivity index (χ3v) is 4.58. The van der Waals surface area contributed by atoms with Crippen LogP contribution in [0.15, 0.2) is 11.6 Å². The predicted molar refractivity (Wildman–Crippen MR) is 87.0 cm³/mol. The summed E-state index contributed by atoms with van der Waals surface area (Å²) < 4.78 is 11.3. The topological polar surface area (TPSA) is 51.7 Å². The maximum Gasteiger partial charge on any atom is 0.410 e. The first-order valence-corrected chi connectivity index (χ1v) is 8.72. The lowest BCUT2D eigenvalue weighted by molar-refractivity contribution is 0.00135. The number of carbonyl (C=O) groups is 1. The van der Waals surface area contributed by atoms with E-state index in [9.17, 15) is 4.79 Å². The van der Waals surface area contributed by atoms with Gasteiger partial charge in [-0.25, -0.2) is 9.78 Å². The zero-order valence-electron chi connectivity index (χ0n) is 13.9. The molecule has 2 rings (SSSR count). The van der Waals surface area contributed by atoms with Gasteiger partial charge in [0.2, 0.25) is 0 Å². The van der Waals surface area contributed by atoms with Gasteiger partial charge in [-0.2, -0.15) is 0 Å². The average Bonchev–Trinajstić information content (AvgIpc) is 2.97. The van der Waals surface area contributed by atoms with Crippen molar-refractivity contribution in [1.29, 1.82) is 0 Å². The molecule has 1 aliphatic rings. The van der Waals surface area contributed by atoms with Gasteiger partial charge in [-0.05, 0) is 46.5 Å². The molecule has 0 spiro atoms. The van der Waals surface area contributed by atoms with Gasteiger partial charge in [0.05, 0.1) is 6.61 Å². The second-order valence-electron chi connectivity index (χ2n) is 6.76. The van der Waals surface area contributed by atoms with Crippen molar-refractivity contribution in [2.45, 2.75) is 52.2 Å². The highest BCUT2D eigenvalue weighted by Gasteiger charge is 2.27. The molecule has 22 heavy (non-hydrogen) atoms. The van der Waals surface area contributed by atoms with E-state index in [0.29, 0.717) is 5.92 Å². The van der Waals surface area contributed by atoms with E-state index in [1.165, 1.54) is 0 Å². The molecule has 2 heterocycles. The summed E-state index contributed by atoms with van der Waals surface area (Å²) >= 11 is 1.62. The molecule has 0 aliphatic carbocycles. The van der Waals surface area contributed by atoms with Crippen LogP contribution < -0.4 is 0 Å². The monoisotopic (exact) mass is 326 g/mol. The molecule has 1 aliphatic heterocycles. The van der Waals surface area contributed by atoms with E-state index in [-0.39, 0.29) is 12.2 Å². The molecule has 1 saturated heterocycles. The zero-order chi connectivity index (χ0) is 16.2.